The number of nitrogens with two attached hydrogens (primary N) is 2. The quantitative estimate of drug-likeness (QED) is 0.781. The van der Waals surface area contributed by atoms with Crippen LogP contribution in [0.15, 0.2) is 6.07 Å². The van der Waals surface area contributed by atoms with Crippen LogP contribution in [0.25, 0.3) is 0 Å². The number of aryl methyl sites for hydroxylation is 1. The van der Waals surface area contributed by atoms with Gasteiger partial charge in [0.25, 0.3) is 0 Å². The van der Waals surface area contributed by atoms with E-state index >= 15 is 0 Å². The molecule has 0 spiro atoms. The topological polar surface area (TPSA) is 74.0 Å². The summed E-state index contributed by atoms with van der Waals surface area (Å²) in [5, 5.41) is 0. The summed E-state index contributed by atoms with van der Waals surface area (Å²) in [6.45, 7) is 3.11. The van der Waals surface area contributed by atoms with E-state index in [9.17, 15) is 4.79 Å². The van der Waals surface area contributed by atoms with E-state index in [1.807, 2.05) is 0 Å². The minimum Gasteiger partial charge on any atom is -0.370 e. The van der Waals surface area contributed by atoms with Gasteiger partial charge in [0.05, 0.1) is 0 Å². The zero-order valence-corrected chi connectivity index (χ0v) is 11.1. The molecular weight excluding hydrogens is 226 g/mol. The highest BCUT2D eigenvalue weighted by Gasteiger charge is 2.21. The molecular formula is C14H23N3O. The highest BCUT2D eigenvalue weighted by atomic mass is 16.1. The molecule has 4 N–H and O–H groups in total. The first-order valence-corrected chi connectivity index (χ1v) is 6.82. The largest absolute Gasteiger partial charge is 0.370 e. The van der Waals surface area contributed by atoms with Crippen molar-refractivity contribution in [1.29, 1.82) is 0 Å². The molecule has 0 bridgehead atoms. The molecule has 0 saturated carbocycles. The van der Waals surface area contributed by atoms with E-state index in [-0.39, 0.29) is 11.9 Å². The van der Waals surface area contributed by atoms with Crippen molar-refractivity contribution in [2.75, 3.05) is 0 Å². The van der Waals surface area contributed by atoms with Crippen LogP contribution in [0.3, 0.4) is 0 Å². The van der Waals surface area contributed by atoms with Crippen LogP contribution in [0.2, 0.25) is 0 Å². The van der Waals surface area contributed by atoms with Gasteiger partial charge in [-0.15, -0.1) is 0 Å². The highest BCUT2D eigenvalue weighted by molar-refractivity contribution is 5.73. The van der Waals surface area contributed by atoms with Gasteiger partial charge in [-0.05, 0) is 50.7 Å². The third kappa shape index (κ3) is 2.75. The maximum Gasteiger partial charge on any atom is 0.217 e. The Morgan fingerprint density at radius 3 is 3.00 bits per heavy atom. The number of unbranched alkanes of at least 4 members (excludes halogenated alkanes) is 1. The van der Waals surface area contributed by atoms with Gasteiger partial charge in [0.15, 0.2) is 0 Å². The van der Waals surface area contributed by atoms with E-state index in [1.165, 1.54) is 23.4 Å². The first-order valence-electron chi connectivity index (χ1n) is 6.82. The second kappa shape index (κ2) is 5.57. The van der Waals surface area contributed by atoms with Crippen LogP contribution in [0.1, 0.15) is 55.1 Å². The fraction of sp³-hybridized carbons (Fsp3) is 0.643. The number of fused-ring (bicyclic) bond motifs is 1. The number of nitrogens with zero attached hydrogens (tertiary/aromatic N) is 1. The van der Waals surface area contributed by atoms with Gasteiger partial charge in [-0.1, -0.05) is 0 Å². The first kappa shape index (κ1) is 13.1. The van der Waals surface area contributed by atoms with Crippen molar-refractivity contribution < 1.29 is 4.79 Å². The summed E-state index contributed by atoms with van der Waals surface area (Å²) in [5.74, 6) is -0.205. The summed E-state index contributed by atoms with van der Waals surface area (Å²) in [6, 6.07) is 2.44. The fourth-order valence-corrected chi connectivity index (χ4v) is 2.88. The van der Waals surface area contributed by atoms with Crippen LogP contribution < -0.4 is 11.5 Å². The molecule has 0 aliphatic heterocycles. The van der Waals surface area contributed by atoms with Gasteiger partial charge >= 0.3 is 0 Å². The lowest BCUT2D eigenvalue weighted by Crippen LogP contribution is -2.18. The van der Waals surface area contributed by atoms with E-state index in [4.69, 9.17) is 11.5 Å². The van der Waals surface area contributed by atoms with E-state index in [1.54, 1.807) is 0 Å². The molecule has 0 radical (unpaired) electrons. The molecule has 2 rings (SSSR count). The fourth-order valence-electron chi connectivity index (χ4n) is 2.88. The third-order valence-electron chi connectivity index (χ3n) is 3.83. The number of hydrogen-bond donors (Lipinski definition) is 2. The molecule has 1 aromatic heterocycles. The molecule has 1 aliphatic rings. The van der Waals surface area contributed by atoms with E-state index in [0.717, 1.165) is 32.2 Å². The molecule has 4 nitrogen and oxygen atoms in total. The Labute approximate surface area is 108 Å². The summed E-state index contributed by atoms with van der Waals surface area (Å²) in [6.07, 6.45) is 5.76. The molecule has 1 unspecified atom stereocenters. The summed E-state index contributed by atoms with van der Waals surface area (Å²) in [4.78, 5) is 10.7. The standard InChI is InChI=1S/C14H23N3O/c1-10-9-11-12(15)5-4-6-13(11)17(10)8-3-2-7-14(16)18/h9,12H,2-8,15H2,1H3,(H2,16,18). The Morgan fingerprint density at radius 1 is 1.50 bits per heavy atom. The molecule has 0 aromatic carbocycles. The molecule has 1 aliphatic carbocycles. The smallest absolute Gasteiger partial charge is 0.217 e. The predicted octanol–water partition coefficient (Wildman–Crippen LogP) is 1.79. The maximum absolute atomic E-state index is 10.7. The molecule has 1 amide bonds. The second-order valence-electron chi connectivity index (χ2n) is 5.26. The molecule has 18 heavy (non-hydrogen) atoms. The average molecular weight is 249 g/mol. The number of amides is 1. The van der Waals surface area contributed by atoms with Crippen molar-refractivity contribution in [1.82, 2.24) is 4.57 Å². The predicted molar refractivity (Wildman–Crippen MR) is 72.1 cm³/mol. The molecule has 4 heteroatoms. The zero-order chi connectivity index (χ0) is 13.1. The van der Waals surface area contributed by atoms with Gasteiger partial charge in [0.2, 0.25) is 5.91 Å². The van der Waals surface area contributed by atoms with Crippen molar-refractivity contribution in [3.8, 4) is 0 Å². The van der Waals surface area contributed by atoms with Gasteiger partial charge in [-0.25, -0.2) is 0 Å². The molecule has 100 valence electrons. The molecule has 1 aromatic rings. The van der Waals surface area contributed by atoms with Crippen LogP contribution >= 0.6 is 0 Å². The number of primary amides is 1. The number of carbonyl (C=O) groups excluding carboxylic acids is 1. The summed E-state index contributed by atoms with van der Waals surface area (Å²) in [7, 11) is 0. The lowest BCUT2D eigenvalue weighted by atomic mass is 9.93. The van der Waals surface area contributed by atoms with Gasteiger partial charge in [0.1, 0.15) is 0 Å². The number of rotatable bonds is 5. The summed E-state index contributed by atoms with van der Waals surface area (Å²) < 4.78 is 2.37. The Kier molecular flexibility index (Phi) is 4.07. The maximum atomic E-state index is 10.7. The van der Waals surface area contributed by atoms with Crippen LogP contribution in [-0.2, 0) is 17.8 Å². The van der Waals surface area contributed by atoms with Crippen LogP contribution in [0.4, 0.5) is 0 Å². The second-order valence-corrected chi connectivity index (χ2v) is 5.26. The zero-order valence-electron chi connectivity index (χ0n) is 11.1. The Hall–Kier alpha value is -1.29. The van der Waals surface area contributed by atoms with Crippen LogP contribution in [-0.4, -0.2) is 10.5 Å². The Morgan fingerprint density at radius 2 is 2.28 bits per heavy atom. The van der Waals surface area contributed by atoms with E-state index < -0.39 is 0 Å². The SMILES string of the molecule is Cc1cc2c(n1CCCCC(N)=O)CCCC2N. The highest BCUT2D eigenvalue weighted by Crippen LogP contribution is 2.30. The minimum atomic E-state index is -0.205. The van der Waals surface area contributed by atoms with Gasteiger partial charge in [0, 0.05) is 30.4 Å². The van der Waals surface area contributed by atoms with Crippen LogP contribution in [0.5, 0.6) is 0 Å². The molecule has 0 saturated heterocycles. The van der Waals surface area contributed by atoms with Crippen molar-refractivity contribution in [3.63, 3.8) is 0 Å². The average Bonchev–Trinajstić information content (AvgIpc) is 2.63. The van der Waals surface area contributed by atoms with Crippen molar-refractivity contribution >= 4 is 5.91 Å². The lowest BCUT2D eigenvalue weighted by Gasteiger charge is -2.21. The molecule has 0 fully saturated rings. The molecule has 1 atom stereocenters. The molecule has 1 heterocycles. The van der Waals surface area contributed by atoms with E-state index in [0.29, 0.717) is 6.42 Å². The monoisotopic (exact) mass is 249 g/mol. The lowest BCUT2D eigenvalue weighted by molar-refractivity contribution is -0.118. The summed E-state index contributed by atoms with van der Waals surface area (Å²) in [5.41, 5.74) is 15.3. The van der Waals surface area contributed by atoms with Crippen molar-refractivity contribution in [2.45, 2.75) is 58.0 Å². The summed E-state index contributed by atoms with van der Waals surface area (Å²) >= 11 is 0. The number of hydrogen-bond acceptors (Lipinski definition) is 2. The number of carbonyl (C=O) groups is 1. The minimum absolute atomic E-state index is 0.205. The Balaban J connectivity index is 2.02. The van der Waals surface area contributed by atoms with Gasteiger partial charge in [-0.2, -0.15) is 0 Å². The third-order valence-corrected chi connectivity index (χ3v) is 3.83. The van der Waals surface area contributed by atoms with Crippen molar-refractivity contribution in [3.05, 3.63) is 23.0 Å². The Bertz CT molecular complexity index is 436. The van der Waals surface area contributed by atoms with E-state index in [2.05, 4.69) is 17.6 Å². The van der Waals surface area contributed by atoms with Crippen molar-refractivity contribution in [2.24, 2.45) is 11.5 Å². The first-order chi connectivity index (χ1) is 8.59. The van der Waals surface area contributed by atoms with Gasteiger partial charge < -0.3 is 16.0 Å². The van der Waals surface area contributed by atoms with Crippen LogP contribution in [0, 0.1) is 6.92 Å². The van der Waals surface area contributed by atoms with Gasteiger partial charge in [-0.3, -0.25) is 4.79 Å². The number of aromatic nitrogens is 1. The normalized spacial score (nSPS) is 18.7.